The first-order valence-corrected chi connectivity index (χ1v) is 6.84. The van der Waals surface area contributed by atoms with E-state index in [0.717, 1.165) is 5.69 Å². The molecular weight excluding hydrogens is 260 g/mol. The van der Waals surface area contributed by atoms with Crippen molar-refractivity contribution in [3.63, 3.8) is 0 Å². The number of nitrogens with zero attached hydrogens (tertiary/aromatic N) is 1. The maximum absolute atomic E-state index is 10.9. The van der Waals surface area contributed by atoms with Gasteiger partial charge in [-0.25, -0.2) is 0 Å². The van der Waals surface area contributed by atoms with Crippen LogP contribution in [0.5, 0.6) is 0 Å². The second-order valence-electron chi connectivity index (χ2n) is 4.51. The molecule has 0 spiro atoms. The average Bonchev–Trinajstić information content (AvgIpc) is 2.67. The van der Waals surface area contributed by atoms with Gasteiger partial charge >= 0.3 is 0 Å². The van der Waals surface area contributed by atoms with E-state index in [1.54, 1.807) is 24.3 Å². The summed E-state index contributed by atoms with van der Waals surface area (Å²) >= 11 is 1.75. The number of nitro groups is 1. The van der Waals surface area contributed by atoms with E-state index in [1.807, 2.05) is 6.07 Å². The first-order valence-electron chi connectivity index (χ1n) is 6.03. The highest BCUT2D eigenvalue weighted by Crippen LogP contribution is 2.27. The van der Waals surface area contributed by atoms with Crippen molar-refractivity contribution < 1.29 is 4.92 Å². The van der Waals surface area contributed by atoms with Crippen LogP contribution < -0.4 is 5.32 Å². The minimum Gasteiger partial charge on any atom is -0.380 e. The van der Waals surface area contributed by atoms with Crippen molar-refractivity contribution in [2.24, 2.45) is 0 Å². The molecule has 4 nitrogen and oxygen atoms in total. The van der Waals surface area contributed by atoms with Crippen molar-refractivity contribution in [1.29, 1.82) is 0 Å². The van der Waals surface area contributed by atoms with Gasteiger partial charge in [-0.1, -0.05) is 6.07 Å². The Balaban J connectivity index is 2.16. The first-order chi connectivity index (χ1) is 8.99. The molecule has 0 saturated heterocycles. The number of anilines is 1. The number of rotatable bonds is 4. The van der Waals surface area contributed by atoms with Crippen LogP contribution in [0.4, 0.5) is 11.4 Å². The predicted molar refractivity (Wildman–Crippen MR) is 79.0 cm³/mol. The van der Waals surface area contributed by atoms with Gasteiger partial charge in [0.05, 0.1) is 4.92 Å². The fourth-order valence-corrected chi connectivity index (χ4v) is 2.93. The van der Waals surface area contributed by atoms with Crippen molar-refractivity contribution >= 4 is 22.7 Å². The average molecular weight is 276 g/mol. The molecule has 0 unspecified atom stereocenters. The van der Waals surface area contributed by atoms with Crippen molar-refractivity contribution in [3.05, 3.63) is 55.3 Å². The Morgan fingerprint density at radius 3 is 2.63 bits per heavy atom. The van der Waals surface area contributed by atoms with Crippen molar-refractivity contribution in [3.8, 4) is 0 Å². The third-order valence-corrected chi connectivity index (χ3v) is 4.32. The molecule has 0 bridgehead atoms. The lowest BCUT2D eigenvalue weighted by Gasteiger charge is -2.08. The third-order valence-electron chi connectivity index (χ3n) is 3.17. The summed E-state index contributed by atoms with van der Waals surface area (Å²) in [7, 11) is 0. The minimum absolute atomic E-state index is 0.156. The quantitative estimate of drug-likeness (QED) is 0.672. The van der Waals surface area contributed by atoms with E-state index in [-0.39, 0.29) is 10.6 Å². The van der Waals surface area contributed by atoms with Crippen LogP contribution >= 0.6 is 11.3 Å². The molecule has 2 aromatic rings. The van der Waals surface area contributed by atoms with E-state index in [9.17, 15) is 10.1 Å². The van der Waals surface area contributed by atoms with Gasteiger partial charge < -0.3 is 5.32 Å². The van der Waals surface area contributed by atoms with E-state index in [2.05, 4.69) is 25.2 Å². The molecule has 100 valence electrons. The summed E-state index contributed by atoms with van der Waals surface area (Å²) in [4.78, 5) is 13.1. The Morgan fingerprint density at radius 2 is 2.05 bits per heavy atom. The van der Waals surface area contributed by atoms with Crippen LogP contribution in [-0.4, -0.2) is 4.92 Å². The normalized spacial score (nSPS) is 10.5. The number of nitrogens with one attached hydrogen (secondary N) is 1. The largest absolute Gasteiger partial charge is 0.380 e. The molecule has 2 rings (SSSR count). The number of nitro benzene ring substituents is 1. The maximum Gasteiger partial charge on any atom is 0.274 e. The molecular formula is C14H16N2O2S. The fourth-order valence-electron chi connectivity index (χ4n) is 1.93. The highest BCUT2D eigenvalue weighted by atomic mass is 32.1. The van der Waals surface area contributed by atoms with Crippen LogP contribution in [0.25, 0.3) is 0 Å². The van der Waals surface area contributed by atoms with Crippen molar-refractivity contribution in [1.82, 2.24) is 0 Å². The summed E-state index contributed by atoms with van der Waals surface area (Å²) in [5.74, 6) is 0. The van der Waals surface area contributed by atoms with Gasteiger partial charge in [0.1, 0.15) is 0 Å². The standard InChI is InChI=1S/C14H16N2O2S/c1-9-7-12(19-11(9)3)8-15-13-5-4-6-14(10(13)2)16(17)18/h4-7,15H,8H2,1-3H3. The summed E-state index contributed by atoms with van der Waals surface area (Å²) in [6.07, 6.45) is 0. The summed E-state index contributed by atoms with van der Waals surface area (Å²) in [5.41, 5.74) is 2.94. The maximum atomic E-state index is 10.9. The van der Waals surface area contributed by atoms with Gasteiger partial charge in [-0.15, -0.1) is 11.3 Å². The molecule has 1 N–H and O–H groups in total. The third kappa shape index (κ3) is 2.93. The van der Waals surface area contributed by atoms with E-state index < -0.39 is 0 Å². The molecule has 1 heterocycles. The van der Waals surface area contributed by atoms with Gasteiger partial charge in [0, 0.05) is 33.6 Å². The molecule has 0 aliphatic rings. The summed E-state index contributed by atoms with van der Waals surface area (Å²) in [6, 6.07) is 7.26. The SMILES string of the molecule is Cc1cc(CNc2cccc([N+](=O)[O-])c2C)sc1C. The van der Waals surface area contributed by atoms with Gasteiger partial charge in [-0.2, -0.15) is 0 Å². The van der Waals surface area contributed by atoms with Gasteiger partial charge in [-0.05, 0) is 38.5 Å². The Kier molecular flexibility index (Phi) is 3.85. The van der Waals surface area contributed by atoms with Crippen LogP contribution in [0, 0.1) is 30.9 Å². The smallest absolute Gasteiger partial charge is 0.274 e. The van der Waals surface area contributed by atoms with Gasteiger partial charge in [-0.3, -0.25) is 10.1 Å². The predicted octanol–water partition coefficient (Wildman–Crippen LogP) is 4.19. The van der Waals surface area contributed by atoms with Gasteiger partial charge in [0.25, 0.3) is 5.69 Å². The van der Waals surface area contributed by atoms with Crippen LogP contribution in [0.3, 0.4) is 0 Å². The van der Waals surface area contributed by atoms with Crippen LogP contribution in [0.2, 0.25) is 0 Å². The number of thiophene rings is 1. The van der Waals surface area contributed by atoms with Crippen molar-refractivity contribution in [2.45, 2.75) is 27.3 Å². The highest BCUT2D eigenvalue weighted by Gasteiger charge is 2.13. The second kappa shape index (κ2) is 5.40. The Labute approximate surface area is 116 Å². The lowest BCUT2D eigenvalue weighted by atomic mass is 10.1. The molecule has 0 atom stereocenters. The molecule has 0 radical (unpaired) electrons. The molecule has 0 amide bonds. The first kappa shape index (κ1) is 13.5. The molecule has 19 heavy (non-hydrogen) atoms. The highest BCUT2D eigenvalue weighted by molar-refractivity contribution is 7.12. The monoisotopic (exact) mass is 276 g/mol. The topological polar surface area (TPSA) is 55.2 Å². The Bertz CT molecular complexity index is 600. The number of aryl methyl sites for hydroxylation is 2. The Hall–Kier alpha value is -1.88. The van der Waals surface area contributed by atoms with E-state index in [0.29, 0.717) is 12.1 Å². The summed E-state index contributed by atoms with van der Waals surface area (Å²) in [5, 5.41) is 14.1. The second-order valence-corrected chi connectivity index (χ2v) is 5.85. The van der Waals surface area contributed by atoms with Crippen LogP contribution in [0.1, 0.15) is 20.9 Å². The lowest BCUT2D eigenvalue weighted by Crippen LogP contribution is -2.01. The zero-order chi connectivity index (χ0) is 14.0. The summed E-state index contributed by atoms with van der Waals surface area (Å²) in [6.45, 7) is 6.66. The lowest BCUT2D eigenvalue weighted by molar-refractivity contribution is -0.385. The summed E-state index contributed by atoms with van der Waals surface area (Å²) < 4.78 is 0. The minimum atomic E-state index is -0.347. The zero-order valence-electron chi connectivity index (χ0n) is 11.2. The molecule has 1 aromatic heterocycles. The molecule has 1 aromatic carbocycles. The molecule has 0 saturated carbocycles. The molecule has 5 heteroatoms. The van der Waals surface area contributed by atoms with Crippen molar-refractivity contribution in [2.75, 3.05) is 5.32 Å². The van der Waals surface area contributed by atoms with E-state index >= 15 is 0 Å². The number of benzene rings is 1. The fraction of sp³-hybridized carbons (Fsp3) is 0.286. The number of hydrogen-bond acceptors (Lipinski definition) is 4. The van der Waals surface area contributed by atoms with Gasteiger partial charge in [0.15, 0.2) is 0 Å². The molecule has 0 fully saturated rings. The van der Waals surface area contributed by atoms with Crippen LogP contribution in [0.15, 0.2) is 24.3 Å². The Morgan fingerprint density at radius 1 is 1.32 bits per heavy atom. The van der Waals surface area contributed by atoms with Gasteiger partial charge in [0.2, 0.25) is 0 Å². The molecule has 0 aliphatic heterocycles. The van der Waals surface area contributed by atoms with E-state index in [4.69, 9.17) is 0 Å². The zero-order valence-corrected chi connectivity index (χ0v) is 12.0. The number of hydrogen-bond donors (Lipinski definition) is 1. The van der Waals surface area contributed by atoms with E-state index in [1.165, 1.54) is 21.4 Å². The molecule has 0 aliphatic carbocycles. The van der Waals surface area contributed by atoms with Crippen LogP contribution in [-0.2, 0) is 6.54 Å².